The molecule has 2 aromatic heterocycles. The molecule has 0 unspecified atom stereocenters. The lowest BCUT2D eigenvalue weighted by Crippen LogP contribution is -2.18. The number of aryl methyl sites for hydroxylation is 2. The van der Waals surface area contributed by atoms with Crippen LogP contribution >= 0.6 is 15.9 Å². The van der Waals surface area contributed by atoms with E-state index < -0.39 is 0 Å². The number of halogens is 1. The summed E-state index contributed by atoms with van der Waals surface area (Å²) in [6, 6.07) is 2.11. The van der Waals surface area contributed by atoms with Crippen molar-refractivity contribution in [3.8, 4) is 0 Å². The normalized spacial score (nSPS) is 16.1. The molecule has 2 aromatic rings. The maximum Gasteiger partial charge on any atom is 0.115 e. The third kappa shape index (κ3) is 1.73. The minimum atomic E-state index is 0.892. The second-order valence-electron chi connectivity index (χ2n) is 4.56. The van der Waals surface area contributed by atoms with E-state index in [-0.39, 0.29) is 0 Å². The van der Waals surface area contributed by atoms with E-state index in [1.807, 2.05) is 18.7 Å². The molecule has 17 heavy (non-hydrogen) atoms. The smallest absolute Gasteiger partial charge is 0.115 e. The van der Waals surface area contributed by atoms with Gasteiger partial charge in [0.1, 0.15) is 15.6 Å². The van der Waals surface area contributed by atoms with Gasteiger partial charge in [0.25, 0.3) is 0 Å². The Kier molecular flexibility index (Phi) is 2.58. The van der Waals surface area contributed by atoms with E-state index in [1.165, 1.54) is 18.5 Å². The highest BCUT2D eigenvalue weighted by Crippen LogP contribution is 2.31. The van der Waals surface area contributed by atoms with Crippen molar-refractivity contribution in [3.05, 3.63) is 16.4 Å². The Labute approximate surface area is 109 Å². The van der Waals surface area contributed by atoms with E-state index in [1.54, 1.807) is 0 Å². The molecular formula is C12H15BrN4. The highest BCUT2D eigenvalue weighted by atomic mass is 79.9. The molecule has 0 amide bonds. The van der Waals surface area contributed by atoms with Gasteiger partial charge in [0, 0.05) is 20.1 Å². The van der Waals surface area contributed by atoms with Gasteiger partial charge in [-0.1, -0.05) is 0 Å². The Balaban J connectivity index is 2.28. The number of hydrogen-bond acceptors (Lipinski definition) is 3. The third-order valence-electron chi connectivity index (χ3n) is 3.35. The summed E-state index contributed by atoms with van der Waals surface area (Å²) < 4.78 is 2.83. The molecule has 4 nitrogen and oxygen atoms in total. The van der Waals surface area contributed by atoms with Gasteiger partial charge in [-0.05, 0) is 41.8 Å². The molecule has 1 aliphatic heterocycles. The summed E-state index contributed by atoms with van der Waals surface area (Å²) in [5.74, 6) is 0. The van der Waals surface area contributed by atoms with Crippen LogP contribution in [0.5, 0.6) is 0 Å². The molecule has 0 saturated carbocycles. The molecule has 1 fully saturated rings. The van der Waals surface area contributed by atoms with Gasteiger partial charge in [0.15, 0.2) is 0 Å². The maximum absolute atomic E-state index is 4.53. The lowest BCUT2D eigenvalue weighted by Gasteiger charge is -2.19. The quantitative estimate of drug-likeness (QED) is 0.758. The van der Waals surface area contributed by atoms with Gasteiger partial charge in [-0.2, -0.15) is 5.10 Å². The molecule has 1 saturated heterocycles. The number of anilines is 1. The molecule has 0 bridgehead atoms. The Bertz CT molecular complexity index is 569. The topological polar surface area (TPSA) is 34.0 Å². The van der Waals surface area contributed by atoms with Gasteiger partial charge in [-0.25, -0.2) is 4.98 Å². The van der Waals surface area contributed by atoms with E-state index in [2.05, 4.69) is 37.0 Å². The lowest BCUT2D eigenvalue weighted by atomic mass is 10.2. The minimum Gasteiger partial charge on any atom is -0.370 e. The van der Waals surface area contributed by atoms with Crippen molar-refractivity contribution in [1.82, 2.24) is 14.8 Å². The van der Waals surface area contributed by atoms with Gasteiger partial charge in [0.05, 0.1) is 11.4 Å². The average Bonchev–Trinajstić information content (AvgIpc) is 2.88. The molecule has 0 atom stereocenters. The monoisotopic (exact) mass is 294 g/mol. The molecule has 0 N–H and O–H groups in total. The second kappa shape index (κ2) is 3.98. The second-order valence-corrected chi connectivity index (χ2v) is 5.38. The summed E-state index contributed by atoms with van der Waals surface area (Å²) in [7, 11) is 1.99. The molecule has 0 aliphatic carbocycles. The summed E-state index contributed by atoms with van der Waals surface area (Å²) in [6.07, 6.45) is 2.55. The first-order valence-electron chi connectivity index (χ1n) is 5.91. The number of aromatic nitrogens is 3. The van der Waals surface area contributed by atoms with E-state index in [4.69, 9.17) is 0 Å². The van der Waals surface area contributed by atoms with Crippen LogP contribution < -0.4 is 4.90 Å². The van der Waals surface area contributed by atoms with Crippen LogP contribution in [0.4, 0.5) is 5.69 Å². The molecule has 1 aliphatic rings. The predicted octanol–water partition coefficient (Wildman–Crippen LogP) is 2.64. The molecule has 0 radical (unpaired) electrons. The number of hydrogen-bond donors (Lipinski definition) is 0. The van der Waals surface area contributed by atoms with Crippen LogP contribution in [0.15, 0.2) is 10.7 Å². The van der Waals surface area contributed by atoms with Gasteiger partial charge >= 0.3 is 0 Å². The van der Waals surface area contributed by atoms with E-state index >= 15 is 0 Å². The van der Waals surface area contributed by atoms with Crippen LogP contribution in [-0.4, -0.2) is 27.9 Å². The van der Waals surface area contributed by atoms with Crippen molar-refractivity contribution < 1.29 is 0 Å². The zero-order valence-corrected chi connectivity index (χ0v) is 11.7. The maximum atomic E-state index is 4.53. The molecule has 90 valence electrons. The van der Waals surface area contributed by atoms with Crippen molar-refractivity contribution in [2.75, 3.05) is 18.0 Å². The number of pyridine rings is 1. The first-order valence-corrected chi connectivity index (χ1v) is 6.71. The van der Waals surface area contributed by atoms with E-state index in [0.29, 0.717) is 0 Å². The van der Waals surface area contributed by atoms with Crippen LogP contribution in [0.2, 0.25) is 0 Å². The summed E-state index contributed by atoms with van der Waals surface area (Å²) in [5.41, 5.74) is 4.39. The Morgan fingerprint density at radius 1 is 1.29 bits per heavy atom. The van der Waals surface area contributed by atoms with Crippen LogP contribution in [0, 0.1) is 6.92 Å². The Hall–Kier alpha value is -1.10. The predicted molar refractivity (Wildman–Crippen MR) is 72.4 cm³/mol. The van der Waals surface area contributed by atoms with E-state index in [0.717, 1.165) is 34.4 Å². The molecule has 0 spiro atoms. The Morgan fingerprint density at radius 3 is 2.71 bits per heavy atom. The van der Waals surface area contributed by atoms with Crippen LogP contribution in [0.3, 0.4) is 0 Å². The van der Waals surface area contributed by atoms with Crippen LogP contribution in [0.25, 0.3) is 11.0 Å². The van der Waals surface area contributed by atoms with E-state index in [9.17, 15) is 0 Å². The van der Waals surface area contributed by atoms with Gasteiger partial charge < -0.3 is 4.90 Å². The summed E-state index contributed by atoms with van der Waals surface area (Å²) >= 11 is 3.50. The number of nitrogens with zero attached hydrogens (tertiary/aromatic N) is 4. The Morgan fingerprint density at radius 2 is 2.00 bits per heavy atom. The number of fused-ring (bicyclic) bond motifs is 1. The van der Waals surface area contributed by atoms with Crippen molar-refractivity contribution >= 4 is 32.7 Å². The molecule has 3 rings (SSSR count). The van der Waals surface area contributed by atoms with Crippen molar-refractivity contribution in [1.29, 1.82) is 0 Å². The van der Waals surface area contributed by atoms with Crippen LogP contribution in [0.1, 0.15) is 18.5 Å². The SMILES string of the molecule is Cc1nn(C)c2c(N3CCCC3)cc(Br)nc12. The van der Waals surface area contributed by atoms with Crippen molar-refractivity contribution in [3.63, 3.8) is 0 Å². The highest BCUT2D eigenvalue weighted by molar-refractivity contribution is 9.10. The molecule has 3 heterocycles. The molecule has 5 heteroatoms. The fourth-order valence-electron chi connectivity index (χ4n) is 2.59. The fourth-order valence-corrected chi connectivity index (χ4v) is 2.98. The molecular weight excluding hydrogens is 280 g/mol. The summed E-state index contributed by atoms with van der Waals surface area (Å²) in [5, 5.41) is 4.47. The first kappa shape index (κ1) is 11.0. The highest BCUT2D eigenvalue weighted by Gasteiger charge is 2.19. The van der Waals surface area contributed by atoms with Crippen molar-refractivity contribution in [2.45, 2.75) is 19.8 Å². The lowest BCUT2D eigenvalue weighted by molar-refractivity contribution is 0.780. The summed E-state index contributed by atoms with van der Waals surface area (Å²) in [4.78, 5) is 6.96. The zero-order chi connectivity index (χ0) is 12.0. The molecule has 0 aromatic carbocycles. The summed E-state index contributed by atoms with van der Waals surface area (Å²) in [6.45, 7) is 4.28. The standard InChI is InChI=1S/C12H15BrN4/c1-8-11-12(16(2)15-8)9(7-10(13)14-11)17-5-3-4-6-17/h7H,3-6H2,1-2H3. The van der Waals surface area contributed by atoms with Gasteiger partial charge in [0.2, 0.25) is 0 Å². The third-order valence-corrected chi connectivity index (χ3v) is 3.76. The van der Waals surface area contributed by atoms with Gasteiger partial charge in [-0.15, -0.1) is 0 Å². The van der Waals surface area contributed by atoms with Crippen LogP contribution in [-0.2, 0) is 7.05 Å². The van der Waals surface area contributed by atoms with Crippen molar-refractivity contribution in [2.24, 2.45) is 7.05 Å². The first-order chi connectivity index (χ1) is 8.16. The largest absolute Gasteiger partial charge is 0.370 e. The average molecular weight is 295 g/mol. The minimum absolute atomic E-state index is 0.892. The zero-order valence-electron chi connectivity index (χ0n) is 10.1. The number of rotatable bonds is 1. The van der Waals surface area contributed by atoms with Gasteiger partial charge in [-0.3, -0.25) is 4.68 Å². The fraction of sp³-hybridized carbons (Fsp3) is 0.500.